The first-order valence-corrected chi connectivity index (χ1v) is 18.3. The minimum Gasteiger partial charge on any atom is -0.393 e. The molecule has 2 aliphatic rings. The number of hydrogen-bond acceptors (Lipinski definition) is 20. The number of rotatable bonds is 12. The number of imidazole rings is 2. The lowest BCUT2D eigenvalue weighted by Gasteiger charge is -2.20. The summed E-state index contributed by atoms with van der Waals surface area (Å²) in [5.74, 6) is -3.24. The zero-order valence-electron chi connectivity index (χ0n) is 26.5. The van der Waals surface area contributed by atoms with Crippen LogP contribution in [0.25, 0.3) is 22.3 Å². The summed E-state index contributed by atoms with van der Waals surface area (Å²) in [4.78, 5) is 59.9. The van der Waals surface area contributed by atoms with Gasteiger partial charge in [-0.15, -0.1) is 0 Å². The molecule has 0 aromatic carbocycles. The Morgan fingerprint density at radius 1 is 0.654 bits per heavy atom. The van der Waals surface area contributed by atoms with Crippen LogP contribution >= 0.6 is 15.2 Å². The highest BCUT2D eigenvalue weighted by atomic mass is 31.2. The number of anilines is 2. The first kappa shape index (κ1) is 39.8. The molecule has 6 heterocycles. The predicted molar refractivity (Wildman–Crippen MR) is 169 cm³/mol. The molecule has 14 N–H and O–H groups in total. The van der Waals surface area contributed by atoms with E-state index in [0.29, 0.717) is 11.0 Å². The molecule has 0 unspecified atom stereocenters. The molecule has 4 aromatic heterocycles. The van der Waals surface area contributed by atoms with Crippen molar-refractivity contribution in [1.82, 2.24) is 39.0 Å². The van der Waals surface area contributed by atoms with E-state index < -0.39 is 102 Å². The molecule has 0 bridgehead atoms. The highest BCUT2D eigenvalue weighted by Crippen LogP contribution is 2.43. The van der Waals surface area contributed by atoms with E-state index >= 15 is 0 Å². The van der Waals surface area contributed by atoms with E-state index in [4.69, 9.17) is 60.2 Å². The van der Waals surface area contributed by atoms with Gasteiger partial charge in [-0.1, -0.05) is 0 Å². The molecule has 0 aliphatic carbocycles. The molecule has 0 spiro atoms. The Balaban J connectivity index is 0.000000201. The van der Waals surface area contributed by atoms with Crippen molar-refractivity contribution in [3.8, 4) is 0 Å². The minimum atomic E-state index is -4.69. The second kappa shape index (κ2) is 15.9. The van der Waals surface area contributed by atoms with Gasteiger partial charge in [-0.05, 0) is 0 Å². The summed E-state index contributed by atoms with van der Waals surface area (Å²) in [6.07, 6.45) is -4.93. The molecular formula is C24H36N10O16P2. The molecule has 52 heavy (non-hydrogen) atoms. The third kappa shape index (κ3) is 8.22. The monoisotopic (exact) mass is 782 g/mol. The van der Waals surface area contributed by atoms with Crippen LogP contribution in [0.15, 0.2) is 25.3 Å². The molecule has 2 saturated heterocycles. The maximum atomic E-state index is 11.2. The predicted octanol–water partition coefficient (Wildman–Crippen LogP) is -4.92. The van der Waals surface area contributed by atoms with E-state index in [0.717, 1.165) is 0 Å². The number of aliphatic hydroxyl groups is 6. The molecular weight excluding hydrogens is 746 g/mol. The Morgan fingerprint density at radius 3 is 1.35 bits per heavy atom. The molecule has 0 radical (unpaired) electrons. The summed E-state index contributed by atoms with van der Waals surface area (Å²) in [6, 6.07) is 0. The van der Waals surface area contributed by atoms with Gasteiger partial charge in [0.1, 0.15) is 60.3 Å². The van der Waals surface area contributed by atoms with Gasteiger partial charge in [0.2, 0.25) is 0 Å². The average molecular weight is 783 g/mol. The second-order valence-corrected chi connectivity index (χ2v) is 14.9. The molecule has 288 valence electrons. The third-order valence-electron chi connectivity index (χ3n) is 7.97. The molecule has 2 aliphatic heterocycles. The fourth-order valence-corrected chi connectivity index (χ4v) is 6.22. The van der Waals surface area contributed by atoms with Crippen molar-refractivity contribution in [3.05, 3.63) is 25.3 Å². The largest absolute Gasteiger partial charge is 0.393 e. The van der Waals surface area contributed by atoms with Gasteiger partial charge >= 0.3 is 15.2 Å². The zero-order chi connectivity index (χ0) is 38.1. The number of aliphatic hydroxyl groups excluding tert-OH is 6. The SMILES string of the molecule is Nc1ncnc2c1ncn2[C@@H]1O[C@H](CO[C@@H](CO)P(=O)(O)O)[C@@H](O)[C@H]1O.Nc1ncnc2c1ncn2[C@@H]1O[C@H](CO[C@H](CO)P(=O)(O)O)[C@@H](O)[C@H]1O. The summed E-state index contributed by atoms with van der Waals surface area (Å²) in [5, 5.41) is 58.8. The molecule has 10 atom stereocenters. The van der Waals surface area contributed by atoms with E-state index in [9.17, 15) is 29.6 Å². The van der Waals surface area contributed by atoms with Crippen LogP contribution in [0, 0.1) is 0 Å². The number of aromatic nitrogens is 8. The number of ether oxygens (including phenoxy) is 4. The molecule has 6 rings (SSSR count). The lowest BCUT2D eigenvalue weighted by Crippen LogP contribution is -2.35. The van der Waals surface area contributed by atoms with Gasteiger partial charge in [0.15, 0.2) is 47.1 Å². The maximum Gasteiger partial charge on any atom is 0.356 e. The Labute approximate surface area is 290 Å². The van der Waals surface area contributed by atoms with Gasteiger partial charge in [-0.3, -0.25) is 18.3 Å². The lowest BCUT2D eigenvalue weighted by atomic mass is 10.1. The standard InChI is InChI=1S/2C12H18N5O8P/c2*13-10-7-11(15-3-14-10)17(4-16-7)12-9(20)8(19)5(25-12)2-24-6(1-18)26(21,22)23/h2*3-6,8-9,12,18-20H,1-2H2,(H2,13,14,15)(H2,21,22,23)/t5-,6+,8-,9-,12-;5-,6-,8-,9-,12-/m11/s1. The molecule has 0 saturated carbocycles. The fraction of sp³-hybridized carbons (Fsp3) is 0.583. The molecule has 2 fully saturated rings. The highest BCUT2D eigenvalue weighted by Gasteiger charge is 2.46. The number of fused-ring (bicyclic) bond motifs is 2. The first-order valence-electron chi connectivity index (χ1n) is 14.9. The molecule has 0 amide bonds. The van der Waals surface area contributed by atoms with Crippen molar-refractivity contribution in [1.29, 1.82) is 0 Å². The van der Waals surface area contributed by atoms with E-state index in [1.54, 1.807) is 0 Å². The fourth-order valence-electron chi connectivity index (χ4n) is 5.23. The quantitative estimate of drug-likeness (QED) is 0.0599. The molecule has 26 nitrogen and oxygen atoms in total. The Bertz CT molecular complexity index is 1790. The van der Waals surface area contributed by atoms with Gasteiger partial charge in [0.05, 0.1) is 39.1 Å². The van der Waals surface area contributed by atoms with Crippen LogP contribution in [0.5, 0.6) is 0 Å². The van der Waals surface area contributed by atoms with Crippen LogP contribution in [0.2, 0.25) is 0 Å². The van der Waals surface area contributed by atoms with Crippen molar-refractivity contribution in [2.45, 2.75) is 60.8 Å². The Kier molecular flexibility index (Phi) is 12.2. The maximum absolute atomic E-state index is 11.2. The van der Waals surface area contributed by atoms with E-state index in [1.165, 1.54) is 34.4 Å². The van der Waals surface area contributed by atoms with Gasteiger partial charge in [-0.2, -0.15) is 0 Å². The van der Waals surface area contributed by atoms with E-state index in [1.807, 2.05) is 0 Å². The van der Waals surface area contributed by atoms with Crippen LogP contribution in [-0.4, -0.2) is 164 Å². The summed E-state index contributed by atoms with van der Waals surface area (Å²) >= 11 is 0. The number of nitrogen functional groups attached to an aromatic ring is 2. The van der Waals surface area contributed by atoms with Gasteiger partial charge in [-0.25, -0.2) is 29.9 Å². The van der Waals surface area contributed by atoms with Crippen LogP contribution in [-0.2, 0) is 28.1 Å². The van der Waals surface area contributed by atoms with Crippen LogP contribution in [0.1, 0.15) is 12.5 Å². The van der Waals surface area contributed by atoms with Crippen molar-refractivity contribution < 1.29 is 78.3 Å². The number of nitrogens with zero attached hydrogens (tertiary/aromatic N) is 8. The summed E-state index contributed by atoms with van der Waals surface area (Å²) < 4.78 is 46.0. The number of hydrogen-bond donors (Lipinski definition) is 12. The Morgan fingerprint density at radius 2 is 1.02 bits per heavy atom. The zero-order valence-corrected chi connectivity index (χ0v) is 28.2. The van der Waals surface area contributed by atoms with Crippen molar-refractivity contribution in [3.63, 3.8) is 0 Å². The smallest absolute Gasteiger partial charge is 0.356 e. The van der Waals surface area contributed by atoms with Crippen molar-refractivity contribution in [2.24, 2.45) is 0 Å². The lowest BCUT2D eigenvalue weighted by molar-refractivity contribution is -0.0775. The molecule has 28 heteroatoms. The average Bonchev–Trinajstić information content (AvgIpc) is 3.84. The second-order valence-electron chi connectivity index (χ2n) is 11.4. The summed E-state index contributed by atoms with van der Waals surface area (Å²) in [5.41, 5.74) is 12.5. The summed E-state index contributed by atoms with van der Waals surface area (Å²) in [6.45, 7) is -2.76. The van der Waals surface area contributed by atoms with Gasteiger partial charge in [0, 0.05) is 0 Å². The number of nitrogens with two attached hydrogens (primary N) is 2. The van der Waals surface area contributed by atoms with Gasteiger partial charge in [0.25, 0.3) is 0 Å². The summed E-state index contributed by atoms with van der Waals surface area (Å²) in [7, 11) is -9.37. The third-order valence-corrected chi connectivity index (χ3v) is 10.1. The highest BCUT2D eigenvalue weighted by molar-refractivity contribution is 7.52. The minimum absolute atomic E-state index is 0.133. The topological polar surface area (TPSA) is 413 Å². The van der Waals surface area contributed by atoms with Crippen LogP contribution < -0.4 is 11.5 Å². The van der Waals surface area contributed by atoms with Crippen LogP contribution in [0.3, 0.4) is 0 Å². The van der Waals surface area contributed by atoms with E-state index in [-0.39, 0.29) is 22.9 Å². The normalized spacial score (nSPS) is 27.9. The van der Waals surface area contributed by atoms with E-state index in [2.05, 4.69) is 29.9 Å². The van der Waals surface area contributed by atoms with Crippen LogP contribution in [0.4, 0.5) is 11.6 Å². The molecule has 4 aromatic rings. The van der Waals surface area contributed by atoms with Gasteiger partial charge < -0.3 is 80.6 Å². The Hall–Kier alpha value is -3.40. The van der Waals surface area contributed by atoms with Crippen molar-refractivity contribution >= 4 is 49.2 Å². The first-order chi connectivity index (χ1) is 24.5. The van der Waals surface area contributed by atoms with Crippen molar-refractivity contribution in [2.75, 3.05) is 37.9 Å².